The fraction of sp³-hybridized carbons (Fsp3) is 0.250. The lowest BCUT2D eigenvalue weighted by Crippen LogP contribution is -2.26. The fourth-order valence-corrected chi connectivity index (χ4v) is 3.51. The minimum Gasteiger partial charge on any atom is -0.350 e. The molecule has 0 fully saturated rings. The third kappa shape index (κ3) is 4.46. The molecule has 3 aromatic rings. The van der Waals surface area contributed by atoms with Crippen LogP contribution in [0.25, 0.3) is 5.69 Å². The van der Waals surface area contributed by atoms with Crippen molar-refractivity contribution in [3.05, 3.63) is 70.4 Å². The van der Waals surface area contributed by atoms with E-state index in [0.717, 1.165) is 21.0 Å². The van der Waals surface area contributed by atoms with Crippen LogP contribution in [0.3, 0.4) is 0 Å². The largest absolute Gasteiger partial charge is 0.350 e. The van der Waals surface area contributed by atoms with Gasteiger partial charge in [0.05, 0.1) is 17.2 Å². The number of aromatic nitrogens is 2. The molecule has 0 aliphatic carbocycles. The van der Waals surface area contributed by atoms with Crippen LogP contribution in [0.5, 0.6) is 0 Å². The lowest BCUT2D eigenvalue weighted by Gasteiger charge is -2.15. The molecule has 3 rings (SSSR count). The number of thiophene rings is 1. The average Bonchev–Trinajstić information content (AvgIpc) is 3.31. The van der Waals surface area contributed by atoms with Gasteiger partial charge in [0.15, 0.2) is 5.78 Å². The number of carbonyl (C=O) groups is 2. The van der Waals surface area contributed by atoms with E-state index in [2.05, 4.69) is 10.3 Å². The Bertz CT molecular complexity index is 882. The quantitative estimate of drug-likeness (QED) is 0.640. The maximum absolute atomic E-state index is 12.1. The zero-order valence-electron chi connectivity index (χ0n) is 14.8. The molecule has 5 nitrogen and oxygen atoms in total. The summed E-state index contributed by atoms with van der Waals surface area (Å²) in [5.74, 6) is -0.0894. The highest BCUT2D eigenvalue weighted by Crippen LogP contribution is 2.18. The minimum absolute atomic E-state index is 0.0237. The highest BCUT2D eigenvalue weighted by atomic mass is 32.1. The van der Waals surface area contributed by atoms with E-state index in [9.17, 15) is 9.59 Å². The first kappa shape index (κ1) is 18.1. The van der Waals surface area contributed by atoms with Crippen LogP contribution in [0.1, 0.15) is 45.9 Å². The molecule has 134 valence electrons. The first-order valence-electron chi connectivity index (χ1n) is 8.50. The summed E-state index contributed by atoms with van der Waals surface area (Å²) in [4.78, 5) is 30.1. The summed E-state index contributed by atoms with van der Waals surface area (Å²) in [6.45, 7) is 3.91. The molecule has 26 heavy (non-hydrogen) atoms. The van der Waals surface area contributed by atoms with Crippen molar-refractivity contribution in [2.24, 2.45) is 0 Å². The van der Waals surface area contributed by atoms with Crippen LogP contribution in [-0.2, 0) is 4.79 Å². The summed E-state index contributed by atoms with van der Waals surface area (Å²) < 4.78 is 1.92. The third-order valence-electron chi connectivity index (χ3n) is 4.17. The number of hydrogen-bond donors (Lipinski definition) is 1. The number of hydrogen-bond acceptors (Lipinski definition) is 4. The van der Waals surface area contributed by atoms with Crippen LogP contribution in [0.15, 0.2) is 55.1 Å². The number of Topliss-reactive ketones (excluding diaryl/α,β-unsaturated/α-hetero) is 1. The molecule has 6 heteroatoms. The van der Waals surface area contributed by atoms with Gasteiger partial charge in [0.1, 0.15) is 0 Å². The number of aryl methyl sites for hydroxylation is 1. The van der Waals surface area contributed by atoms with E-state index in [-0.39, 0.29) is 30.6 Å². The van der Waals surface area contributed by atoms with Gasteiger partial charge in [-0.25, -0.2) is 4.98 Å². The van der Waals surface area contributed by atoms with Gasteiger partial charge in [-0.1, -0.05) is 12.1 Å². The van der Waals surface area contributed by atoms with Crippen molar-refractivity contribution in [3.8, 4) is 5.69 Å². The van der Waals surface area contributed by atoms with E-state index in [1.807, 2.05) is 61.0 Å². The van der Waals surface area contributed by atoms with Gasteiger partial charge in [0.2, 0.25) is 5.91 Å². The van der Waals surface area contributed by atoms with Crippen molar-refractivity contribution >= 4 is 23.0 Å². The number of nitrogens with one attached hydrogen (secondary N) is 1. The Labute approximate surface area is 156 Å². The topological polar surface area (TPSA) is 64.0 Å². The highest BCUT2D eigenvalue weighted by molar-refractivity contribution is 7.14. The first-order valence-corrected chi connectivity index (χ1v) is 9.32. The summed E-state index contributed by atoms with van der Waals surface area (Å²) in [6.07, 6.45) is 5.79. The normalized spacial score (nSPS) is 11.9. The van der Waals surface area contributed by atoms with Crippen molar-refractivity contribution in [2.45, 2.75) is 32.7 Å². The number of imidazole rings is 1. The molecule has 1 amide bonds. The van der Waals surface area contributed by atoms with Crippen LogP contribution in [0.2, 0.25) is 0 Å². The van der Waals surface area contributed by atoms with Crippen molar-refractivity contribution in [1.29, 1.82) is 0 Å². The van der Waals surface area contributed by atoms with Crippen molar-refractivity contribution < 1.29 is 9.59 Å². The molecule has 2 heterocycles. The summed E-state index contributed by atoms with van der Waals surface area (Å²) in [6, 6.07) is 11.6. The second kappa shape index (κ2) is 8.10. The summed E-state index contributed by atoms with van der Waals surface area (Å²) in [7, 11) is 0. The predicted octanol–water partition coefficient (Wildman–Crippen LogP) is 4.08. The summed E-state index contributed by atoms with van der Waals surface area (Å²) in [5.41, 5.74) is 2.03. The van der Waals surface area contributed by atoms with Crippen LogP contribution < -0.4 is 5.32 Å². The zero-order valence-corrected chi connectivity index (χ0v) is 15.6. The molecular weight excluding hydrogens is 346 g/mol. The van der Waals surface area contributed by atoms with Gasteiger partial charge in [0.25, 0.3) is 0 Å². The molecule has 2 aromatic heterocycles. The number of amides is 1. The second-order valence-corrected chi connectivity index (χ2v) is 7.47. The summed E-state index contributed by atoms with van der Waals surface area (Å²) >= 11 is 1.47. The first-order chi connectivity index (χ1) is 12.5. The van der Waals surface area contributed by atoms with E-state index in [1.165, 1.54) is 11.3 Å². The van der Waals surface area contributed by atoms with Crippen LogP contribution >= 0.6 is 11.3 Å². The third-order valence-corrected chi connectivity index (χ3v) is 5.21. The minimum atomic E-state index is -0.113. The smallest absolute Gasteiger partial charge is 0.220 e. The van der Waals surface area contributed by atoms with Crippen LogP contribution in [0.4, 0.5) is 0 Å². The predicted molar refractivity (Wildman–Crippen MR) is 103 cm³/mol. The number of carbonyl (C=O) groups excluding carboxylic acids is 2. The standard InChI is InChI=1S/C20H21N3O2S/c1-14-3-9-19(26-14)18(24)8-10-20(25)22-15(2)16-4-6-17(7-5-16)23-12-11-21-13-23/h3-7,9,11-13,15H,8,10H2,1-2H3,(H,22,25)/t15-/m1/s1. The molecule has 1 aromatic carbocycles. The maximum atomic E-state index is 12.1. The van der Waals surface area contributed by atoms with Gasteiger partial charge in [-0.2, -0.15) is 0 Å². The monoisotopic (exact) mass is 367 g/mol. The van der Waals surface area contributed by atoms with Gasteiger partial charge in [0, 0.05) is 35.8 Å². The molecule has 0 aliphatic rings. The Balaban J connectivity index is 1.51. The van der Waals surface area contributed by atoms with E-state index >= 15 is 0 Å². The zero-order chi connectivity index (χ0) is 18.5. The van der Waals surface area contributed by atoms with E-state index in [4.69, 9.17) is 0 Å². The van der Waals surface area contributed by atoms with Crippen molar-refractivity contribution in [2.75, 3.05) is 0 Å². The van der Waals surface area contributed by atoms with Crippen LogP contribution in [0, 0.1) is 6.92 Å². The average molecular weight is 367 g/mol. The SMILES string of the molecule is Cc1ccc(C(=O)CCC(=O)N[C@H](C)c2ccc(-n3ccnc3)cc2)s1. The van der Waals surface area contributed by atoms with E-state index in [0.29, 0.717) is 0 Å². The fourth-order valence-electron chi connectivity index (χ4n) is 2.68. The molecule has 0 saturated carbocycles. The van der Waals surface area contributed by atoms with E-state index in [1.54, 1.807) is 12.5 Å². The number of ketones is 1. The van der Waals surface area contributed by atoms with Gasteiger partial charge < -0.3 is 9.88 Å². The molecular formula is C20H21N3O2S. The van der Waals surface area contributed by atoms with Gasteiger partial charge in [-0.15, -0.1) is 11.3 Å². The lowest BCUT2D eigenvalue weighted by molar-refractivity contribution is -0.121. The molecule has 0 bridgehead atoms. The molecule has 0 aliphatic heterocycles. The molecule has 0 saturated heterocycles. The number of nitrogens with zero attached hydrogens (tertiary/aromatic N) is 2. The van der Waals surface area contributed by atoms with Gasteiger partial charge in [-0.3, -0.25) is 9.59 Å². The molecule has 0 radical (unpaired) electrons. The Hall–Kier alpha value is -2.73. The maximum Gasteiger partial charge on any atom is 0.220 e. The molecule has 1 atom stereocenters. The van der Waals surface area contributed by atoms with Crippen molar-refractivity contribution in [1.82, 2.24) is 14.9 Å². The van der Waals surface area contributed by atoms with Gasteiger partial charge in [-0.05, 0) is 43.7 Å². The Morgan fingerprint density at radius 3 is 2.54 bits per heavy atom. The van der Waals surface area contributed by atoms with Crippen molar-refractivity contribution in [3.63, 3.8) is 0 Å². The summed E-state index contributed by atoms with van der Waals surface area (Å²) in [5, 5.41) is 2.96. The Morgan fingerprint density at radius 1 is 1.15 bits per heavy atom. The molecule has 0 unspecified atom stereocenters. The van der Waals surface area contributed by atoms with Gasteiger partial charge >= 0.3 is 0 Å². The Kier molecular flexibility index (Phi) is 5.63. The number of rotatable bonds is 7. The number of benzene rings is 1. The molecule has 1 N–H and O–H groups in total. The van der Waals surface area contributed by atoms with Crippen LogP contribution in [-0.4, -0.2) is 21.2 Å². The molecule has 0 spiro atoms. The second-order valence-electron chi connectivity index (χ2n) is 6.18. The lowest BCUT2D eigenvalue weighted by atomic mass is 10.1. The Morgan fingerprint density at radius 2 is 1.92 bits per heavy atom. The van der Waals surface area contributed by atoms with E-state index < -0.39 is 0 Å². The highest BCUT2D eigenvalue weighted by Gasteiger charge is 2.13.